The van der Waals surface area contributed by atoms with Gasteiger partial charge in [0, 0.05) is 31.1 Å². The Morgan fingerprint density at radius 3 is 2.67 bits per heavy atom. The lowest BCUT2D eigenvalue weighted by Crippen LogP contribution is -2.08. The van der Waals surface area contributed by atoms with E-state index >= 15 is 0 Å². The van der Waals surface area contributed by atoms with Crippen LogP contribution < -0.4 is 11.1 Å². The van der Waals surface area contributed by atoms with Crippen LogP contribution in [0.2, 0.25) is 0 Å². The lowest BCUT2D eigenvalue weighted by atomic mass is 10.2. The van der Waals surface area contributed by atoms with Gasteiger partial charge in [-0.15, -0.1) is 0 Å². The Balaban J connectivity index is 1.96. The molecule has 0 fully saturated rings. The predicted molar refractivity (Wildman–Crippen MR) is 71.7 cm³/mol. The number of rotatable bonds is 3. The van der Waals surface area contributed by atoms with Gasteiger partial charge in [-0.3, -0.25) is 9.48 Å². The van der Waals surface area contributed by atoms with E-state index in [0.29, 0.717) is 11.5 Å². The van der Waals surface area contributed by atoms with Gasteiger partial charge in [-0.2, -0.15) is 5.10 Å². The SMILES string of the molecule is Cn1ccc(NC(=O)/C=C/c2ccc(N)cc2)n1. The lowest BCUT2D eigenvalue weighted by molar-refractivity contribution is -0.111. The number of anilines is 2. The highest BCUT2D eigenvalue weighted by atomic mass is 16.1. The number of carbonyl (C=O) groups is 1. The number of hydrogen-bond acceptors (Lipinski definition) is 3. The number of nitrogen functional groups attached to an aromatic ring is 1. The molecule has 0 spiro atoms. The summed E-state index contributed by atoms with van der Waals surface area (Å²) in [5, 5.41) is 6.71. The Bertz CT molecular complexity index is 569. The Kier molecular flexibility index (Phi) is 3.43. The van der Waals surface area contributed by atoms with Crippen molar-refractivity contribution in [3.8, 4) is 0 Å². The third kappa shape index (κ3) is 3.21. The van der Waals surface area contributed by atoms with E-state index in [4.69, 9.17) is 5.73 Å². The number of benzene rings is 1. The quantitative estimate of drug-likeness (QED) is 0.635. The third-order valence-electron chi connectivity index (χ3n) is 2.33. The maximum Gasteiger partial charge on any atom is 0.249 e. The minimum atomic E-state index is -0.217. The predicted octanol–water partition coefficient (Wildman–Crippen LogP) is 1.65. The van der Waals surface area contributed by atoms with Crippen LogP contribution in [0, 0.1) is 0 Å². The molecule has 0 aliphatic carbocycles. The highest BCUT2D eigenvalue weighted by Crippen LogP contribution is 2.07. The van der Waals surface area contributed by atoms with Crippen molar-refractivity contribution in [1.82, 2.24) is 9.78 Å². The number of aromatic nitrogens is 2. The van der Waals surface area contributed by atoms with E-state index in [1.165, 1.54) is 6.08 Å². The van der Waals surface area contributed by atoms with Crippen molar-refractivity contribution in [3.05, 3.63) is 48.2 Å². The smallest absolute Gasteiger partial charge is 0.249 e. The Labute approximate surface area is 105 Å². The van der Waals surface area contributed by atoms with Crippen molar-refractivity contribution in [2.45, 2.75) is 0 Å². The van der Waals surface area contributed by atoms with Crippen LogP contribution in [0.1, 0.15) is 5.56 Å². The molecule has 0 saturated heterocycles. The van der Waals surface area contributed by atoms with E-state index in [9.17, 15) is 4.79 Å². The normalized spacial score (nSPS) is 10.7. The third-order valence-corrected chi connectivity index (χ3v) is 2.33. The van der Waals surface area contributed by atoms with Crippen LogP contribution in [-0.2, 0) is 11.8 Å². The zero-order valence-electron chi connectivity index (χ0n) is 10.00. The van der Waals surface area contributed by atoms with E-state index in [2.05, 4.69) is 10.4 Å². The molecule has 0 bridgehead atoms. The minimum absolute atomic E-state index is 0.217. The summed E-state index contributed by atoms with van der Waals surface area (Å²) in [4.78, 5) is 11.6. The molecule has 5 nitrogen and oxygen atoms in total. The van der Waals surface area contributed by atoms with Gasteiger partial charge in [0.2, 0.25) is 5.91 Å². The first-order chi connectivity index (χ1) is 8.63. The van der Waals surface area contributed by atoms with Crippen LogP contribution in [0.5, 0.6) is 0 Å². The molecule has 92 valence electrons. The second-order valence-electron chi connectivity index (χ2n) is 3.86. The van der Waals surface area contributed by atoms with E-state index in [0.717, 1.165) is 5.56 Å². The van der Waals surface area contributed by atoms with Gasteiger partial charge < -0.3 is 11.1 Å². The molecular formula is C13H14N4O. The zero-order chi connectivity index (χ0) is 13.0. The molecule has 1 aromatic heterocycles. The van der Waals surface area contributed by atoms with Crippen LogP contribution in [0.4, 0.5) is 11.5 Å². The molecule has 0 saturated carbocycles. The summed E-state index contributed by atoms with van der Waals surface area (Å²) >= 11 is 0. The number of carbonyl (C=O) groups excluding carboxylic acids is 1. The number of aryl methyl sites for hydroxylation is 1. The molecule has 0 aliphatic rings. The molecule has 0 radical (unpaired) electrons. The first kappa shape index (κ1) is 11.9. The van der Waals surface area contributed by atoms with Crippen LogP contribution in [0.3, 0.4) is 0 Å². The van der Waals surface area contributed by atoms with Gasteiger partial charge in [0.15, 0.2) is 5.82 Å². The number of nitrogens with one attached hydrogen (secondary N) is 1. The molecule has 1 amide bonds. The molecular weight excluding hydrogens is 228 g/mol. The summed E-state index contributed by atoms with van der Waals surface area (Å²) in [7, 11) is 1.79. The number of amides is 1. The van der Waals surface area contributed by atoms with Crippen LogP contribution in [-0.4, -0.2) is 15.7 Å². The maximum atomic E-state index is 11.6. The fourth-order valence-electron chi connectivity index (χ4n) is 1.43. The molecule has 1 aromatic carbocycles. The van der Waals surface area contributed by atoms with Crippen molar-refractivity contribution in [2.75, 3.05) is 11.1 Å². The maximum absolute atomic E-state index is 11.6. The Hall–Kier alpha value is -2.56. The molecule has 3 N–H and O–H groups in total. The van der Waals surface area contributed by atoms with Crippen LogP contribution in [0.15, 0.2) is 42.6 Å². The summed E-state index contributed by atoms with van der Waals surface area (Å²) in [5.74, 6) is 0.315. The van der Waals surface area contributed by atoms with Crippen molar-refractivity contribution in [1.29, 1.82) is 0 Å². The Morgan fingerprint density at radius 1 is 1.33 bits per heavy atom. The molecule has 0 atom stereocenters. The summed E-state index contributed by atoms with van der Waals surface area (Å²) < 4.78 is 1.62. The first-order valence-electron chi connectivity index (χ1n) is 5.48. The van der Waals surface area contributed by atoms with Gasteiger partial charge in [0.1, 0.15) is 0 Å². The zero-order valence-corrected chi connectivity index (χ0v) is 10.00. The van der Waals surface area contributed by atoms with Gasteiger partial charge in [0.25, 0.3) is 0 Å². The summed E-state index contributed by atoms with van der Waals surface area (Å²) in [5.41, 5.74) is 7.19. The second kappa shape index (κ2) is 5.18. The van der Waals surface area contributed by atoms with Gasteiger partial charge in [-0.1, -0.05) is 12.1 Å². The highest BCUT2D eigenvalue weighted by molar-refractivity contribution is 6.01. The molecule has 2 rings (SSSR count). The molecule has 2 aromatic rings. The number of hydrogen-bond donors (Lipinski definition) is 2. The topological polar surface area (TPSA) is 72.9 Å². The van der Waals surface area contributed by atoms with E-state index in [-0.39, 0.29) is 5.91 Å². The standard InChI is InChI=1S/C13H14N4O/c1-17-9-8-12(16-17)15-13(18)7-4-10-2-5-11(14)6-3-10/h2-9H,14H2,1H3,(H,15,16,18)/b7-4+. The summed E-state index contributed by atoms with van der Waals surface area (Å²) in [6, 6.07) is 9.00. The second-order valence-corrected chi connectivity index (χ2v) is 3.86. The van der Waals surface area contributed by atoms with E-state index < -0.39 is 0 Å². The van der Waals surface area contributed by atoms with Crippen LogP contribution in [0.25, 0.3) is 6.08 Å². The van der Waals surface area contributed by atoms with Gasteiger partial charge in [-0.05, 0) is 23.8 Å². The Morgan fingerprint density at radius 2 is 2.06 bits per heavy atom. The summed E-state index contributed by atoms with van der Waals surface area (Å²) in [6.07, 6.45) is 4.94. The molecule has 0 unspecified atom stereocenters. The molecule has 0 aliphatic heterocycles. The van der Waals surface area contributed by atoms with E-state index in [1.807, 2.05) is 12.1 Å². The minimum Gasteiger partial charge on any atom is -0.399 e. The van der Waals surface area contributed by atoms with Crippen molar-refractivity contribution >= 4 is 23.5 Å². The number of nitrogens with two attached hydrogens (primary N) is 1. The van der Waals surface area contributed by atoms with Crippen LogP contribution >= 0.6 is 0 Å². The first-order valence-corrected chi connectivity index (χ1v) is 5.48. The largest absolute Gasteiger partial charge is 0.399 e. The lowest BCUT2D eigenvalue weighted by Gasteiger charge is -1.97. The monoisotopic (exact) mass is 242 g/mol. The fraction of sp³-hybridized carbons (Fsp3) is 0.0769. The molecule has 5 heteroatoms. The highest BCUT2D eigenvalue weighted by Gasteiger charge is 1.99. The molecule has 1 heterocycles. The van der Waals surface area contributed by atoms with Crippen molar-refractivity contribution in [2.24, 2.45) is 7.05 Å². The van der Waals surface area contributed by atoms with Gasteiger partial charge >= 0.3 is 0 Å². The van der Waals surface area contributed by atoms with Crippen molar-refractivity contribution in [3.63, 3.8) is 0 Å². The average molecular weight is 242 g/mol. The van der Waals surface area contributed by atoms with Gasteiger partial charge in [-0.25, -0.2) is 0 Å². The van der Waals surface area contributed by atoms with Crippen molar-refractivity contribution < 1.29 is 4.79 Å². The fourth-order valence-corrected chi connectivity index (χ4v) is 1.43. The average Bonchev–Trinajstić information content (AvgIpc) is 2.74. The molecule has 18 heavy (non-hydrogen) atoms. The summed E-state index contributed by atoms with van der Waals surface area (Å²) in [6.45, 7) is 0. The van der Waals surface area contributed by atoms with E-state index in [1.54, 1.807) is 42.2 Å². The number of nitrogens with zero attached hydrogens (tertiary/aromatic N) is 2. The van der Waals surface area contributed by atoms with Gasteiger partial charge in [0.05, 0.1) is 0 Å².